The molecule has 0 bridgehead atoms. The second-order valence-electron chi connectivity index (χ2n) is 5.32. The van der Waals surface area contributed by atoms with Gasteiger partial charge in [0.2, 0.25) is 0 Å². The number of rotatable bonds is 4. The molecule has 18 heavy (non-hydrogen) atoms. The van der Waals surface area contributed by atoms with Gasteiger partial charge in [-0.1, -0.05) is 24.3 Å². The summed E-state index contributed by atoms with van der Waals surface area (Å²) in [7, 11) is 0. The van der Waals surface area contributed by atoms with Gasteiger partial charge in [-0.3, -0.25) is 9.59 Å². The molecule has 0 unspecified atom stereocenters. The van der Waals surface area contributed by atoms with E-state index in [1.807, 2.05) is 24.3 Å². The number of allylic oxidation sites excluding steroid dienone is 4. The zero-order valence-corrected chi connectivity index (χ0v) is 10.3. The van der Waals surface area contributed by atoms with Gasteiger partial charge in [-0.2, -0.15) is 0 Å². The molecular formula is C14H18O4. The van der Waals surface area contributed by atoms with Crippen LogP contribution in [0.3, 0.4) is 0 Å². The average Bonchev–Trinajstić information content (AvgIpc) is 2.36. The van der Waals surface area contributed by atoms with E-state index < -0.39 is 22.8 Å². The Morgan fingerprint density at radius 3 is 1.89 bits per heavy atom. The first-order valence-electron chi connectivity index (χ1n) is 6.28. The summed E-state index contributed by atoms with van der Waals surface area (Å²) < 4.78 is 0. The van der Waals surface area contributed by atoms with Gasteiger partial charge in [-0.25, -0.2) is 0 Å². The van der Waals surface area contributed by atoms with Crippen LogP contribution in [-0.4, -0.2) is 22.2 Å². The molecule has 98 valence electrons. The van der Waals surface area contributed by atoms with E-state index in [1.165, 1.54) is 0 Å². The van der Waals surface area contributed by atoms with Crippen LogP contribution in [0.4, 0.5) is 0 Å². The Morgan fingerprint density at radius 2 is 1.44 bits per heavy atom. The standard InChI is InChI=1S/C14H18O4/c15-11(16)5-10-13-6-1-3-8-14(13,12(17)18)9-4-2-7-13/h1-4H,5-10H2,(H,15,16)(H,17,18). The van der Waals surface area contributed by atoms with Crippen molar-refractivity contribution in [3.05, 3.63) is 24.3 Å². The molecule has 0 saturated carbocycles. The van der Waals surface area contributed by atoms with Crippen LogP contribution in [0.1, 0.15) is 38.5 Å². The van der Waals surface area contributed by atoms with Crippen LogP contribution in [0.15, 0.2) is 24.3 Å². The fraction of sp³-hybridized carbons (Fsp3) is 0.571. The fourth-order valence-corrected chi connectivity index (χ4v) is 3.37. The van der Waals surface area contributed by atoms with Crippen LogP contribution < -0.4 is 0 Å². The van der Waals surface area contributed by atoms with E-state index in [1.54, 1.807) is 0 Å². The molecule has 0 radical (unpaired) electrons. The van der Waals surface area contributed by atoms with Crippen LogP contribution in [-0.2, 0) is 9.59 Å². The predicted molar refractivity (Wildman–Crippen MR) is 66.1 cm³/mol. The number of hydrogen-bond acceptors (Lipinski definition) is 2. The van der Waals surface area contributed by atoms with E-state index >= 15 is 0 Å². The first kappa shape index (κ1) is 12.9. The van der Waals surface area contributed by atoms with Gasteiger partial charge >= 0.3 is 11.9 Å². The molecule has 0 aliphatic heterocycles. The van der Waals surface area contributed by atoms with Crippen molar-refractivity contribution >= 4 is 11.9 Å². The average molecular weight is 250 g/mol. The van der Waals surface area contributed by atoms with E-state index in [-0.39, 0.29) is 6.42 Å². The van der Waals surface area contributed by atoms with Crippen molar-refractivity contribution in [2.24, 2.45) is 10.8 Å². The maximum Gasteiger partial charge on any atom is 0.310 e. The molecule has 0 fully saturated rings. The van der Waals surface area contributed by atoms with Crippen LogP contribution in [0.5, 0.6) is 0 Å². The Kier molecular flexibility index (Phi) is 3.28. The second-order valence-corrected chi connectivity index (χ2v) is 5.32. The maximum absolute atomic E-state index is 11.7. The Morgan fingerprint density at radius 1 is 0.944 bits per heavy atom. The minimum atomic E-state index is -0.854. The largest absolute Gasteiger partial charge is 0.481 e. The third-order valence-electron chi connectivity index (χ3n) is 4.53. The highest BCUT2D eigenvalue weighted by Gasteiger charge is 2.56. The Labute approximate surface area is 106 Å². The Bertz CT molecular complexity index is 402. The molecule has 0 aromatic heterocycles. The molecule has 0 spiro atoms. The molecule has 0 amide bonds. The first-order valence-corrected chi connectivity index (χ1v) is 6.28. The molecule has 0 aromatic rings. The Balaban J connectivity index is 2.37. The summed E-state index contributed by atoms with van der Waals surface area (Å²) in [6.45, 7) is 0. The molecule has 2 N–H and O–H groups in total. The number of carboxylic acid groups (broad SMARTS) is 2. The molecular weight excluding hydrogens is 232 g/mol. The quantitative estimate of drug-likeness (QED) is 0.752. The summed E-state index contributed by atoms with van der Waals surface area (Å²) in [5, 5.41) is 18.5. The summed E-state index contributed by atoms with van der Waals surface area (Å²) in [4.78, 5) is 22.5. The monoisotopic (exact) mass is 250 g/mol. The highest BCUT2D eigenvalue weighted by atomic mass is 16.4. The van der Waals surface area contributed by atoms with Crippen molar-refractivity contribution in [2.45, 2.75) is 38.5 Å². The number of carbonyl (C=O) groups is 2. The van der Waals surface area contributed by atoms with Crippen molar-refractivity contribution in [3.8, 4) is 0 Å². The van der Waals surface area contributed by atoms with Gasteiger partial charge in [0.1, 0.15) is 0 Å². The minimum Gasteiger partial charge on any atom is -0.481 e. The van der Waals surface area contributed by atoms with Crippen molar-refractivity contribution in [1.29, 1.82) is 0 Å². The maximum atomic E-state index is 11.7. The normalized spacial score (nSPS) is 34.0. The van der Waals surface area contributed by atoms with E-state index in [0.29, 0.717) is 32.1 Å². The summed E-state index contributed by atoms with van der Waals surface area (Å²) in [5.74, 6) is -1.64. The highest BCUT2D eigenvalue weighted by Crippen LogP contribution is 2.58. The lowest BCUT2D eigenvalue weighted by atomic mass is 9.51. The number of hydrogen-bond donors (Lipinski definition) is 2. The lowest BCUT2D eigenvalue weighted by Gasteiger charge is -2.50. The molecule has 2 rings (SSSR count). The van der Waals surface area contributed by atoms with Crippen LogP contribution in [0.2, 0.25) is 0 Å². The van der Waals surface area contributed by atoms with Crippen LogP contribution in [0.25, 0.3) is 0 Å². The lowest BCUT2D eigenvalue weighted by Crippen LogP contribution is -2.50. The highest BCUT2D eigenvalue weighted by molar-refractivity contribution is 5.77. The summed E-state index contributed by atoms with van der Waals surface area (Å²) in [5.41, 5.74) is -1.24. The predicted octanol–water partition coefficient (Wildman–Crippen LogP) is 2.61. The SMILES string of the molecule is O=C(O)CCC12CC=CCC1(C(=O)O)CC=CC2. The second kappa shape index (κ2) is 4.59. The summed E-state index contributed by atoms with van der Waals surface area (Å²) in [6.07, 6.45) is 10.7. The zero-order chi connectivity index (χ0) is 13.2. The van der Waals surface area contributed by atoms with E-state index in [4.69, 9.17) is 5.11 Å². The van der Waals surface area contributed by atoms with Crippen molar-refractivity contribution < 1.29 is 19.8 Å². The van der Waals surface area contributed by atoms with Gasteiger partial charge in [-0.05, 0) is 37.5 Å². The molecule has 2 aliphatic carbocycles. The van der Waals surface area contributed by atoms with Gasteiger partial charge in [0.25, 0.3) is 0 Å². The van der Waals surface area contributed by atoms with Crippen LogP contribution in [0, 0.1) is 10.8 Å². The smallest absolute Gasteiger partial charge is 0.310 e. The molecule has 0 atom stereocenters. The third kappa shape index (κ3) is 1.85. The third-order valence-corrected chi connectivity index (χ3v) is 4.53. The molecule has 4 heteroatoms. The van der Waals surface area contributed by atoms with Crippen molar-refractivity contribution in [1.82, 2.24) is 0 Å². The van der Waals surface area contributed by atoms with E-state index in [2.05, 4.69) is 0 Å². The van der Waals surface area contributed by atoms with Crippen LogP contribution >= 0.6 is 0 Å². The summed E-state index contributed by atoms with van der Waals surface area (Å²) in [6, 6.07) is 0. The van der Waals surface area contributed by atoms with Crippen molar-refractivity contribution in [3.63, 3.8) is 0 Å². The summed E-state index contributed by atoms with van der Waals surface area (Å²) >= 11 is 0. The minimum absolute atomic E-state index is 0.0384. The number of aliphatic carboxylic acids is 2. The molecule has 4 nitrogen and oxygen atoms in total. The Hall–Kier alpha value is -1.58. The number of fused-ring (bicyclic) bond motifs is 1. The van der Waals surface area contributed by atoms with Crippen molar-refractivity contribution in [2.75, 3.05) is 0 Å². The lowest BCUT2D eigenvalue weighted by molar-refractivity contribution is -0.161. The van der Waals surface area contributed by atoms with E-state index in [0.717, 1.165) is 0 Å². The van der Waals surface area contributed by atoms with Gasteiger partial charge in [-0.15, -0.1) is 0 Å². The first-order chi connectivity index (χ1) is 8.52. The topological polar surface area (TPSA) is 74.6 Å². The zero-order valence-electron chi connectivity index (χ0n) is 10.3. The van der Waals surface area contributed by atoms with Gasteiger partial charge in [0.05, 0.1) is 5.41 Å². The fourth-order valence-electron chi connectivity index (χ4n) is 3.37. The number of carboxylic acids is 2. The van der Waals surface area contributed by atoms with E-state index in [9.17, 15) is 14.7 Å². The van der Waals surface area contributed by atoms with Gasteiger partial charge in [0.15, 0.2) is 0 Å². The molecule has 0 heterocycles. The van der Waals surface area contributed by atoms with Gasteiger partial charge in [0, 0.05) is 6.42 Å². The van der Waals surface area contributed by atoms with Gasteiger partial charge < -0.3 is 10.2 Å². The molecule has 0 saturated heterocycles. The molecule has 0 aromatic carbocycles. The molecule has 2 aliphatic rings.